The highest BCUT2D eigenvalue weighted by Gasteiger charge is 2.29. The number of rotatable bonds is 6. The molecule has 3 rings (SSSR count). The van der Waals surface area contributed by atoms with Gasteiger partial charge in [0, 0.05) is 17.6 Å². The van der Waals surface area contributed by atoms with Crippen molar-refractivity contribution in [2.24, 2.45) is 5.92 Å². The Kier molecular flexibility index (Phi) is 5.95. The lowest BCUT2D eigenvalue weighted by molar-refractivity contribution is -0.128. The standard InChI is InChI=1S/C21H30N4O2/c1-5-21(3,4)23-20(26)16-10-8-12-25(13-16)14-18-22-19(24-27-18)17-11-7-6-9-15(17)2/h6-7,9,11,16H,5,8,10,12-14H2,1-4H3,(H,23,26). The Bertz CT molecular complexity index is 784. The number of piperidine rings is 1. The number of hydrogen-bond acceptors (Lipinski definition) is 5. The largest absolute Gasteiger partial charge is 0.351 e. The second-order valence-electron chi connectivity index (χ2n) is 8.13. The van der Waals surface area contributed by atoms with E-state index in [0.29, 0.717) is 18.3 Å². The Labute approximate surface area is 161 Å². The smallest absolute Gasteiger partial charge is 0.241 e. The Balaban J connectivity index is 1.61. The van der Waals surface area contributed by atoms with Gasteiger partial charge in [0.25, 0.3) is 0 Å². The van der Waals surface area contributed by atoms with E-state index >= 15 is 0 Å². The molecule has 2 aromatic rings. The van der Waals surface area contributed by atoms with Crippen LogP contribution in [-0.4, -0.2) is 39.6 Å². The molecule has 27 heavy (non-hydrogen) atoms. The van der Waals surface area contributed by atoms with Crippen LogP contribution in [0.4, 0.5) is 0 Å². The fraction of sp³-hybridized carbons (Fsp3) is 0.571. The Morgan fingerprint density at radius 2 is 2.15 bits per heavy atom. The molecule has 1 aliphatic heterocycles. The highest BCUT2D eigenvalue weighted by Crippen LogP contribution is 2.23. The van der Waals surface area contributed by atoms with Crippen LogP contribution in [0.2, 0.25) is 0 Å². The molecule has 1 atom stereocenters. The number of nitrogens with zero attached hydrogens (tertiary/aromatic N) is 3. The minimum Gasteiger partial charge on any atom is -0.351 e. The topological polar surface area (TPSA) is 71.3 Å². The summed E-state index contributed by atoms with van der Waals surface area (Å²) < 4.78 is 5.47. The zero-order chi connectivity index (χ0) is 19.4. The number of aromatic nitrogens is 2. The monoisotopic (exact) mass is 370 g/mol. The summed E-state index contributed by atoms with van der Waals surface area (Å²) in [6.07, 6.45) is 2.85. The fourth-order valence-electron chi connectivity index (χ4n) is 3.38. The van der Waals surface area contributed by atoms with Crippen molar-refractivity contribution in [1.82, 2.24) is 20.4 Å². The van der Waals surface area contributed by atoms with Crippen LogP contribution in [-0.2, 0) is 11.3 Å². The van der Waals surface area contributed by atoms with Gasteiger partial charge in [-0.15, -0.1) is 0 Å². The Morgan fingerprint density at radius 3 is 2.89 bits per heavy atom. The van der Waals surface area contributed by atoms with Crippen LogP contribution in [0, 0.1) is 12.8 Å². The lowest BCUT2D eigenvalue weighted by Crippen LogP contribution is -2.49. The van der Waals surface area contributed by atoms with Crippen molar-refractivity contribution < 1.29 is 9.32 Å². The van der Waals surface area contributed by atoms with Crippen LogP contribution in [0.15, 0.2) is 28.8 Å². The van der Waals surface area contributed by atoms with Gasteiger partial charge in [0.1, 0.15) is 0 Å². The number of amides is 1. The van der Waals surface area contributed by atoms with Crippen molar-refractivity contribution in [3.63, 3.8) is 0 Å². The van der Waals surface area contributed by atoms with E-state index in [9.17, 15) is 4.79 Å². The van der Waals surface area contributed by atoms with Gasteiger partial charge in [-0.05, 0) is 52.1 Å². The van der Waals surface area contributed by atoms with Gasteiger partial charge in [-0.2, -0.15) is 4.98 Å². The zero-order valence-electron chi connectivity index (χ0n) is 16.8. The van der Waals surface area contributed by atoms with Gasteiger partial charge in [0.15, 0.2) is 0 Å². The molecule has 0 bridgehead atoms. The number of nitrogens with one attached hydrogen (secondary N) is 1. The maximum atomic E-state index is 12.6. The normalized spacial score (nSPS) is 18.4. The maximum Gasteiger partial charge on any atom is 0.241 e. The minimum absolute atomic E-state index is 0.0170. The third-order valence-electron chi connectivity index (χ3n) is 5.43. The number of likely N-dealkylation sites (tertiary alicyclic amines) is 1. The van der Waals surface area contributed by atoms with Gasteiger partial charge in [-0.25, -0.2) is 0 Å². The number of carbonyl (C=O) groups is 1. The summed E-state index contributed by atoms with van der Waals surface area (Å²) in [6.45, 7) is 10.5. The Hall–Kier alpha value is -2.21. The molecule has 1 N–H and O–H groups in total. The van der Waals surface area contributed by atoms with Gasteiger partial charge < -0.3 is 9.84 Å². The van der Waals surface area contributed by atoms with Gasteiger partial charge in [0.2, 0.25) is 17.6 Å². The molecule has 6 heteroatoms. The molecule has 1 unspecified atom stereocenters. The predicted molar refractivity (Wildman–Crippen MR) is 105 cm³/mol. The van der Waals surface area contributed by atoms with Gasteiger partial charge in [-0.3, -0.25) is 9.69 Å². The Morgan fingerprint density at radius 1 is 1.37 bits per heavy atom. The second kappa shape index (κ2) is 8.21. The number of carbonyl (C=O) groups excluding carboxylic acids is 1. The molecule has 1 aliphatic rings. The molecule has 1 saturated heterocycles. The lowest BCUT2D eigenvalue weighted by Gasteiger charge is -2.33. The molecule has 0 spiro atoms. The van der Waals surface area contributed by atoms with Crippen LogP contribution in [0.25, 0.3) is 11.4 Å². The molecular weight excluding hydrogens is 340 g/mol. The van der Waals surface area contributed by atoms with Gasteiger partial charge in [0.05, 0.1) is 12.5 Å². The van der Waals surface area contributed by atoms with Crippen LogP contribution in [0.1, 0.15) is 51.5 Å². The van der Waals surface area contributed by atoms with Crippen LogP contribution in [0.3, 0.4) is 0 Å². The van der Waals surface area contributed by atoms with E-state index in [0.717, 1.165) is 43.5 Å². The van der Waals surface area contributed by atoms with Gasteiger partial charge in [-0.1, -0.05) is 36.3 Å². The first kappa shape index (κ1) is 19.5. The molecule has 1 fully saturated rings. The summed E-state index contributed by atoms with van der Waals surface area (Å²) >= 11 is 0. The first-order valence-corrected chi connectivity index (χ1v) is 9.81. The van der Waals surface area contributed by atoms with Gasteiger partial charge >= 0.3 is 0 Å². The van der Waals surface area contributed by atoms with E-state index in [1.165, 1.54) is 0 Å². The molecule has 6 nitrogen and oxygen atoms in total. The first-order chi connectivity index (χ1) is 12.9. The minimum atomic E-state index is -0.158. The highest BCUT2D eigenvalue weighted by atomic mass is 16.5. The maximum absolute atomic E-state index is 12.6. The van der Waals surface area contributed by atoms with Crippen molar-refractivity contribution in [2.45, 2.75) is 59.0 Å². The van der Waals surface area contributed by atoms with Crippen LogP contribution < -0.4 is 5.32 Å². The third-order valence-corrected chi connectivity index (χ3v) is 5.43. The number of aryl methyl sites for hydroxylation is 1. The SMILES string of the molecule is CCC(C)(C)NC(=O)C1CCCN(Cc2nc(-c3ccccc3C)no2)C1. The molecule has 1 amide bonds. The molecule has 1 aromatic carbocycles. The van der Waals surface area contributed by atoms with Crippen molar-refractivity contribution in [3.05, 3.63) is 35.7 Å². The van der Waals surface area contributed by atoms with Crippen LogP contribution in [0.5, 0.6) is 0 Å². The van der Waals surface area contributed by atoms with E-state index < -0.39 is 0 Å². The van der Waals surface area contributed by atoms with E-state index in [1.807, 2.05) is 31.2 Å². The van der Waals surface area contributed by atoms with E-state index in [1.54, 1.807) is 0 Å². The number of hydrogen-bond donors (Lipinski definition) is 1. The number of benzene rings is 1. The summed E-state index contributed by atoms with van der Waals surface area (Å²) in [5.41, 5.74) is 1.96. The highest BCUT2D eigenvalue weighted by molar-refractivity contribution is 5.79. The molecule has 0 aliphatic carbocycles. The molecule has 2 heterocycles. The van der Waals surface area contributed by atoms with Crippen molar-refractivity contribution in [2.75, 3.05) is 13.1 Å². The average molecular weight is 370 g/mol. The summed E-state index contributed by atoms with van der Waals surface area (Å²) in [6, 6.07) is 8.01. The zero-order valence-corrected chi connectivity index (χ0v) is 16.8. The molecule has 0 radical (unpaired) electrons. The summed E-state index contributed by atoms with van der Waals surface area (Å²) in [4.78, 5) is 19.4. The fourth-order valence-corrected chi connectivity index (χ4v) is 3.38. The van der Waals surface area contributed by atoms with E-state index in [2.05, 4.69) is 41.1 Å². The van der Waals surface area contributed by atoms with Crippen molar-refractivity contribution in [1.29, 1.82) is 0 Å². The quantitative estimate of drug-likeness (QED) is 0.842. The summed E-state index contributed by atoms with van der Waals surface area (Å²) in [5.74, 6) is 1.39. The molecular formula is C21H30N4O2. The second-order valence-corrected chi connectivity index (χ2v) is 8.13. The van der Waals surface area contributed by atoms with E-state index in [-0.39, 0.29) is 17.4 Å². The predicted octanol–water partition coefficient (Wildman–Crippen LogP) is 3.56. The molecule has 146 valence electrons. The van der Waals surface area contributed by atoms with Crippen LogP contribution >= 0.6 is 0 Å². The average Bonchev–Trinajstić information content (AvgIpc) is 3.10. The molecule has 1 aromatic heterocycles. The summed E-state index contributed by atoms with van der Waals surface area (Å²) in [5, 5.41) is 7.31. The van der Waals surface area contributed by atoms with Crippen molar-refractivity contribution in [3.8, 4) is 11.4 Å². The van der Waals surface area contributed by atoms with E-state index in [4.69, 9.17) is 4.52 Å². The molecule has 0 saturated carbocycles. The first-order valence-electron chi connectivity index (χ1n) is 9.81. The van der Waals surface area contributed by atoms with Crippen molar-refractivity contribution >= 4 is 5.91 Å². The third kappa shape index (κ3) is 4.95. The lowest BCUT2D eigenvalue weighted by atomic mass is 9.94. The summed E-state index contributed by atoms with van der Waals surface area (Å²) in [7, 11) is 0.